The normalized spacial score (nSPS) is 30.3. The summed E-state index contributed by atoms with van der Waals surface area (Å²) in [5, 5.41) is 0. The van der Waals surface area contributed by atoms with Gasteiger partial charge in [0.1, 0.15) is 5.82 Å². The van der Waals surface area contributed by atoms with Crippen LogP contribution in [0.4, 0.5) is 0 Å². The van der Waals surface area contributed by atoms with E-state index in [1.165, 1.54) is 24.2 Å². The lowest BCUT2D eigenvalue weighted by molar-refractivity contribution is -0.123. The Morgan fingerprint density at radius 2 is 2.16 bits per heavy atom. The average Bonchev–Trinajstić information content (AvgIpc) is 2.90. The highest BCUT2D eigenvalue weighted by atomic mass is 16.1. The number of aromatic nitrogens is 2. The average molecular weight is 262 g/mol. The number of amides is 1. The number of carbonyl (C=O) groups is 1. The van der Waals surface area contributed by atoms with Gasteiger partial charge >= 0.3 is 0 Å². The van der Waals surface area contributed by atoms with Gasteiger partial charge in [0.05, 0.1) is 11.2 Å². The van der Waals surface area contributed by atoms with Crippen molar-refractivity contribution in [3.63, 3.8) is 0 Å². The topological polar surface area (TPSA) is 86.9 Å². The fraction of sp³-hybridized carbons (Fsp3) is 0.714. The van der Waals surface area contributed by atoms with Crippen molar-refractivity contribution in [2.24, 2.45) is 11.5 Å². The molecule has 0 radical (unpaired) electrons. The van der Waals surface area contributed by atoms with Crippen LogP contribution < -0.4 is 11.5 Å². The molecule has 2 atom stereocenters. The van der Waals surface area contributed by atoms with Gasteiger partial charge in [0.25, 0.3) is 0 Å². The number of imidazole rings is 1. The molecule has 1 amide bonds. The Kier molecular flexibility index (Phi) is 2.89. The minimum Gasteiger partial charge on any atom is -0.368 e. The van der Waals surface area contributed by atoms with E-state index in [1.807, 2.05) is 0 Å². The van der Waals surface area contributed by atoms with E-state index in [-0.39, 0.29) is 11.9 Å². The molecule has 1 fully saturated rings. The quantitative estimate of drug-likeness (QED) is 0.832. The van der Waals surface area contributed by atoms with Crippen LogP contribution in [0.1, 0.15) is 55.4 Å². The Morgan fingerprint density at radius 1 is 1.42 bits per heavy atom. The smallest absolute Gasteiger partial charge is 0.237 e. The van der Waals surface area contributed by atoms with Crippen molar-refractivity contribution in [1.29, 1.82) is 0 Å². The first kappa shape index (κ1) is 12.7. The second-order valence-corrected chi connectivity index (χ2v) is 6.05. The number of rotatable bonds is 2. The minimum absolute atomic E-state index is 0.284. The van der Waals surface area contributed by atoms with E-state index < -0.39 is 5.54 Å². The first-order valence-corrected chi connectivity index (χ1v) is 7.16. The predicted octanol–water partition coefficient (Wildman–Crippen LogP) is 0.978. The van der Waals surface area contributed by atoms with Crippen LogP contribution in [0.25, 0.3) is 0 Å². The van der Waals surface area contributed by atoms with E-state index in [4.69, 9.17) is 16.5 Å². The van der Waals surface area contributed by atoms with Gasteiger partial charge in [-0.05, 0) is 51.9 Å². The van der Waals surface area contributed by atoms with E-state index in [0.717, 1.165) is 25.1 Å². The number of nitrogens with zero attached hydrogens (tertiary/aromatic N) is 2. The van der Waals surface area contributed by atoms with Crippen LogP contribution in [-0.4, -0.2) is 21.0 Å². The number of primary amides is 1. The molecule has 1 saturated carbocycles. The van der Waals surface area contributed by atoms with Crippen LogP contribution >= 0.6 is 0 Å². The Bertz CT molecular complexity index is 522. The number of aryl methyl sites for hydroxylation is 2. The number of nitrogens with two attached hydrogens (primary N) is 2. The maximum absolute atomic E-state index is 11.5. The summed E-state index contributed by atoms with van der Waals surface area (Å²) in [4.78, 5) is 16.2. The first-order valence-electron chi connectivity index (χ1n) is 7.16. The van der Waals surface area contributed by atoms with Gasteiger partial charge in [-0.1, -0.05) is 0 Å². The fourth-order valence-electron chi connectivity index (χ4n) is 3.68. The maximum atomic E-state index is 11.5. The summed E-state index contributed by atoms with van der Waals surface area (Å²) in [6, 6.07) is 0.284. The lowest BCUT2D eigenvalue weighted by Gasteiger charge is -2.23. The molecule has 3 rings (SSSR count). The van der Waals surface area contributed by atoms with Crippen LogP contribution in [0.15, 0.2) is 0 Å². The molecule has 1 aromatic rings. The highest BCUT2D eigenvalue weighted by Gasteiger charge is 2.42. The number of carbonyl (C=O) groups excluding carboxylic acids is 1. The molecule has 5 nitrogen and oxygen atoms in total. The molecule has 5 heteroatoms. The number of fused-ring (bicyclic) bond motifs is 1. The molecule has 1 aromatic heterocycles. The van der Waals surface area contributed by atoms with Crippen LogP contribution in [0.5, 0.6) is 0 Å². The van der Waals surface area contributed by atoms with Crippen molar-refractivity contribution < 1.29 is 4.79 Å². The predicted molar refractivity (Wildman–Crippen MR) is 72.6 cm³/mol. The lowest BCUT2D eigenvalue weighted by Crippen LogP contribution is -2.49. The summed E-state index contributed by atoms with van der Waals surface area (Å²) in [5.74, 6) is 0.687. The SMILES string of the molecule is Cc1nc2c(n1C1CCC(N)(C(N)=O)C1)CCCC2. The van der Waals surface area contributed by atoms with Crippen LogP contribution in [0, 0.1) is 6.92 Å². The Morgan fingerprint density at radius 3 is 2.84 bits per heavy atom. The van der Waals surface area contributed by atoms with Crippen LogP contribution in [-0.2, 0) is 17.6 Å². The molecule has 0 saturated heterocycles. The summed E-state index contributed by atoms with van der Waals surface area (Å²) in [7, 11) is 0. The zero-order valence-corrected chi connectivity index (χ0v) is 11.5. The minimum atomic E-state index is -0.830. The van der Waals surface area contributed by atoms with E-state index in [2.05, 4.69) is 11.5 Å². The molecule has 2 unspecified atom stereocenters. The molecule has 2 aliphatic carbocycles. The molecule has 0 spiro atoms. The van der Waals surface area contributed by atoms with E-state index in [9.17, 15) is 4.79 Å². The Balaban J connectivity index is 1.92. The Labute approximate surface area is 113 Å². The second-order valence-electron chi connectivity index (χ2n) is 6.05. The van der Waals surface area contributed by atoms with E-state index in [0.29, 0.717) is 12.8 Å². The summed E-state index contributed by atoms with van der Waals surface area (Å²) in [6.07, 6.45) is 6.89. The Hall–Kier alpha value is -1.36. The third-order valence-electron chi connectivity index (χ3n) is 4.73. The van der Waals surface area contributed by atoms with Crippen molar-refractivity contribution in [3.05, 3.63) is 17.2 Å². The molecule has 0 aromatic carbocycles. The largest absolute Gasteiger partial charge is 0.368 e. The molecule has 104 valence electrons. The van der Waals surface area contributed by atoms with Crippen molar-refractivity contribution in [3.8, 4) is 0 Å². The lowest BCUT2D eigenvalue weighted by atomic mass is 9.97. The molecule has 19 heavy (non-hydrogen) atoms. The van der Waals surface area contributed by atoms with Gasteiger partial charge < -0.3 is 16.0 Å². The third-order valence-corrected chi connectivity index (χ3v) is 4.73. The van der Waals surface area contributed by atoms with E-state index >= 15 is 0 Å². The van der Waals surface area contributed by atoms with Crippen LogP contribution in [0.2, 0.25) is 0 Å². The second kappa shape index (κ2) is 4.34. The molecule has 1 heterocycles. The molecular formula is C14H22N4O. The monoisotopic (exact) mass is 262 g/mol. The highest BCUT2D eigenvalue weighted by molar-refractivity contribution is 5.84. The summed E-state index contributed by atoms with van der Waals surface area (Å²) < 4.78 is 2.33. The van der Waals surface area contributed by atoms with Gasteiger partial charge in [-0.15, -0.1) is 0 Å². The van der Waals surface area contributed by atoms with Gasteiger partial charge in [-0.25, -0.2) is 4.98 Å². The van der Waals surface area contributed by atoms with Gasteiger partial charge in [0, 0.05) is 11.7 Å². The van der Waals surface area contributed by atoms with Crippen molar-refractivity contribution in [2.45, 2.75) is 63.5 Å². The zero-order valence-electron chi connectivity index (χ0n) is 11.5. The number of hydrogen-bond acceptors (Lipinski definition) is 3. The van der Waals surface area contributed by atoms with Crippen LogP contribution in [0.3, 0.4) is 0 Å². The first-order chi connectivity index (χ1) is 9.01. The van der Waals surface area contributed by atoms with Crippen molar-refractivity contribution in [2.75, 3.05) is 0 Å². The van der Waals surface area contributed by atoms with Gasteiger partial charge in [0.2, 0.25) is 5.91 Å². The zero-order chi connectivity index (χ0) is 13.6. The molecule has 4 N–H and O–H groups in total. The molecular weight excluding hydrogens is 240 g/mol. The van der Waals surface area contributed by atoms with Gasteiger partial charge in [-0.2, -0.15) is 0 Å². The van der Waals surface area contributed by atoms with Gasteiger partial charge in [-0.3, -0.25) is 4.79 Å². The number of hydrogen-bond donors (Lipinski definition) is 2. The highest BCUT2D eigenvalue weighted by Crippen LogP contribution is 2.39. The van der Waals surface area contributed by atoms with E-state index in [1.54, 1.807) is 0 Å². The molecule has 0 bridgehead atoms. The maximum Gasteiger partial charge on any atom is 0.237 e. The summed E-state index contributed by atoms with van der Waals surface area (Å²) >= 11 is 0. The summed E-state index contributed by atoms with van der Waals surface area (Å²) in [5.41, 5.74) is 13.3. The third kappa shape index (κ3) is 1.96. The molecule has 0 aliphatic heterocycles. The van der Waals surface area contributed by atoms with Crippen molar-refractivity contribution >= 4 is 5.91 Å². The standard InChI is InChI=1S/C14H22N4O/c1-9-17-11-4-2-3-5-12(11)18(9)10-6-7-14(16,8-10)13(15)19/h10H,2-8,16H2,1H3,(H2,15,19). The van der Waals surface area contributed by atoms with Gasteiger partial charge in [0.15, 0.2) is 0 Å². The molecule has 2 aliphatic rings. The summed E-state index contributed by atoms with van der Waals surface area (Å²) in [6.45, 7) is 2.05. The fourth-order valence-corrected chi connectivity index (χ4v) is 3.68. The van der Waals surface area contributed by atoms with Crippen molar-refractivity contribution in [1.82, 2.24) is 9.55 Å².